The molecule has 1 rings (SSSR count). The molecular weight excluding hydrogens is 258 g/mol. The number of aliphatic hydroxyl groups excluding tert-OH is 1. The molecule has 0 saturated carbocycles. The van der Waals surface area contributed by atoms with E-state index in [4.69, 9.17) is 5.11 Å². The predicted octanol–water partition coefficient (Wildman–Crippen LogP) is 1.78. The van der Waals surface area contributed by atoms with Crippen molar-refractivity contribution in [2.45, 2.75) is 37.4 Å². The molecule has 0 aliphatic carbocycles. The summed E-state index contributed by atoms with van der Waals surface area (Å²) in [5.74, 6) is 0.632. The summed E-state index contributed by atoms with van der Waals surface area (Å²) in [6.07, 6.45) is 3.00. The van der Waals surface area contributed by atoms with E-state index >= 15 is 0 Å². The number of amides is 1. The molecule has 0 aromatic carbocycles. The van der Waals surface area contributed by atoms with Gasteiger partial charge in [-0.2, -0.15) is 0 Å². The smallest absolute Gasteiger partial charge is 0.238 e. The van der Waals surface area contributed by atoms with Gasteiger partial charge in [0.2, 0.25) is 5.91 Å². The molecule has 0 radical (unpaired) electrons. The summed E-state index contributed by atoms with van der Waals surface area (Å²) in [6, 6.07) is 0. The third-order valence-electron chi connectivity index (χ3n) is 2.85. The molecule has 3 nitrogen and oxygen atoms in total. The van der Waals surface area contributed by atoms with Crippen LogP contribution in [0.25, 0.3) is 0 Å². The Hall–Kier alpha value is -0.0900. The van der Waals surface area contributed by atoms with Gasteiger partial charge in [-0.25, -0.2) is 0 Å². The molecule has 15 heavy (non-hydrogen) atoms. The fourth-order valence-electron chi connectivity index (χ4n) is 2.04. The van der Waals surface area contributed by atoms with E-state index < -0.39 is 4.32 Å². The predicted molar refractivity (Wildman–Crippen MR) is 64.0 cm³/mol. The maximum atomic E-state index is 12.0. The Morgan fingerprint density at radius 1 is 1.60 bits per heavy atom. The highest BCUT2D eigenvalue weighted by atomic mass is 79.9. The van der Waals surface area contributed by atoms with Crippen molar-refractivity contribution in [1.82, 2.24) is 4.90 Å². The van der Waals surface area contributed by atoms with Crippen LogP contribution in [0.3, 0.4) is 0 Å². The number of likely N-dealkylation sites (tertiary alicyclic amines) is 1. The first-order valence-electron chi connectivity index (χ1n) is 5.54. The maximum Gasteiger partial charge on any atom is 0.238 e. The zero-order valence-corrected chi connectivity index (χ0v) is 11.1. The van der Waals surface area contributed by atoms with Crippen molar-refractivity contribution in [3.8, 4) is 0 Å². The molecule has 4 heteroatoms. The van der Waals surface area contributed by atoms with E-state index in [2.05, 4.69) is 15.9 Å². The molecule has 0 spiro atoms. The summed E-state index contributed by atoms with van der Waals surface area (Å²) >= 11 is 3.40. The molecule has 1 unspecified atom stereocenters. The molecule has 1 fully saturated rings. The standard InChI is InChI=1S/C11H20BrNO2/c1-11(2,12)10(15)13-6-3-4-9(8-13)5-7-14/h9,14H,3-8H2,1-2H3. The molecule has 1 amide bonds. The van der Waals surface area contributed by atoms with Crippen molar-refractivity contribution in [1.29, 1.82) is 0 Å². The van der Waals surface area contributed by atoms with Gasteiger partial charge in [0.25, 0.3) is 0 Å². The van der Waals surface area contributed by atoms with Crippen molar-refractivity contribution in [3.05, 3.63) is 0 Å². The number of carbonyl (C=O) groups excluding carboxylic acids is 1. The van der Waals surface area contributed by atoms with Gasteiger partial charge in [-0.1, -0.05) is 15.9 Å². The SMILES string of the molecule is CC(C)(Br)C(=O)N1CCCC(CCO)C1. The molecule has 88 valence electrons. The van der Waals surface area contributed by atoms with Crippen LogP contribution in [0.4, 0.5) is 0 Å². The van der Waals surface area contributed by atoms with Crippen LogP contribution in [0.15, 0.2) is 0 Å². The van der Waals surface area contributed by atoms with E-state index in [0.29, 0.717) is 5.92 Å². The zero-order chi connectivity index (χ0) is 11.5. The highest BCUT2D eigenvalue weighted by Gasteiger charge is 2.32. The van der Waals surface area contributed by atoms with E-state index in [0.717, 1.165) is 32.4 Å². The van der Waals surface area contributed by atoms with Crippen LogP contribution in [0.5, 0.6) is 0 Å². The van der Waals surface area contributed by atoms with Crippen molar-refractivity contribution in [2.75, 3.05) is 19.7 Å². The molecule has 1 saturated heterocycles. The highest BCUT2D eigenvalue weighted by Crippen LogP contribution is 2.25. The van der Waals surface area contributed by atoms with Crippen molar-refractivity contribution in [3.63, 3.8) is 0 Å². The lowest BCUT2D eigenvalue weighted by molar-refractivity contribution is -0.134. The van der Waals surface area contributed by atoms with Crippen molar-refractivity contribution < 1.29 is 9.90 Å². The summed E-state index contributed by atoms with van der Waals surface area (Å²) < 4.78 is -0.464. The van der Waals surface area contributed by atoms with Crippen LogP contribution in [0.2, 0.25) is 0 Å². The minimum atomic E-state index is -0.464. The first-order valence-corrected chi connectivity index (χ1v) is 6.33. The molecule has 1 heterocycles. The van der Waals surface area contributed by atoms with E-state index in [-0.39, 0.29) is 12.5 Å². The largest absolute Gasteiger partial charge is 0.396 e. The normalized spacial score (nSPS) is 22.9. The van der Waals surface area contributed by atoms with Gasteiger partial charge in [-0.15, -0.1) is 0 Å². The minimum absolute atomic E-state index is 0.158. The lowest BCUT2D eigenvalue weighted by atomic mass is 9.94. The second-order valence-corrected chi connectivity index (χ2v) is 6.73. The molecule has 0 aromatic heterocycles. The monoisotopic (exact) mass is 277 g/mol. The topological polar surface area (TPSA) is 40.5 Å². The van der Waals surface area contributed by atoms with Crippen LogP contribution in [-0.4, -0.2) is 39.9 Å². The van der Waals surface area contributed by atoms with Crippen LogP contribution in [0.1, 0.15) is 33.1 Å². The Morgan fingerprint density at radius 3 is 2.80 bits per heavy atom. The number of hydrogen-bond acceptors (Lipinski definition) is 2. The number of aliphatic hydroxyl groups is 1. The van der Waals surface area contributed by atoms with E-state index in [1.807, 2.05) is 18.7 Å². The van der Waals surface area contributed by atoms with Gasteiger partial charge in [0, 0.05) is 19.7 Å². The Morgan fingerprint density at radius 2 is 2.27 bits per heavy atom. The summed E-state index contributed by atoms with van der Waals surface area (Å²) in [5, 5.41) is 8.89. The van der Waals surface area contributed by atoms with Gasteiger partial charge in [0.1, 0.15) is 0 Å². The quantitative estimate of drug-likeness (QED) is 0.799. The minimum Gasteiger partial charge on any atom is -0.396 e. The average Bonchev–Trinajstić information content (AvgIpc) is 2.16. The highest BCUT2D eigenvalue weighted by molar-refractivity contribution is 9.10. The maximum absolute atomic E-state index is 12.0. The Bertz CT molecular complexity index is 223. The Labute approximate surface area is 100.0 Å². The summed E-state index contributed by atoms with van der Waals surface area (Å²) in [7, 11) is 0. The molecule has 1 N–H and O–H groups in total. The second kappa shape index (κ2) is 5.30. The second-order valence-electron chi connectivity index (χ2n) is 4.74. The lowest BCUT2D eigenvalue weighted by Crippen LogP contribution is -2.46. The fourth-order valence-corrected chi connectivity index (χ4v) is 2.29. The Balaban J connectivity index is 2.52. The number of alkyl halides is 1. The molecular formula is C11H20BrNO2. The number of nitrogens with zero attached hydrogens (tertiary/aromatic N) is 1. The van der Waals surface area contributed by atoms with Gasteiger partial charge in [0.05, 0.1) is 4.32 Å². The number of hydrogen-bond donors (Lipinski definition) is 1. The summed E-state index contributed by atoms with van der Waals surface area (Å²) in [6.45, 7) is 5.64. The van der Waals surface area contributed by atoms with Gasteiger partial charge < -0.3 is 10.0 Å². The molecule has 1 aliphatic heterocycles. The third-order valence-corrected chi connectivity index (χ3v) is 3.19. The first kappa shape index (κ1) is 13.0. The first-order chi connectivity index (χ1) is 6.95. The van der Waals surface area contributed by atoms with Gasteiger partial charge in [-0.05, 0) is 39.0 Å². The third kappa shape index (κ3) is 3.76. The summed E-state index contributed by atoms with van der Waals surface area (Å²) in [4.78, 5) is 13.9. The van der Waals surface area contributed by atoms with E-state index in [1.54, 1.807) is 0 Å². The summed E-state index contributed by atoms with van der Waals surface area (Å²) in [5.41, 5.74) is 0. The number of rotatable bonds is 3. The Kier molecular flexibility index (Phi) is 4.59. The van der Waals surface area contributed by atoms with Crippen molar-refractivity contribution >= 4 is 21.8 Å². The van der Waals surface area contributed by atoms with Crippen LogP contribution in [0, 0.1) is 5.92 Å². The number of carbonyl (C=O) groups is 1. The van der Waals surface area contributed by atoms with Crippen LogP contribution in [-0.2, 0) is 4.79 Å². The molecule has 1 aliphatic rings. The van der Waals surface area contributed by atoms with E-state index in [1.165, 1.54) is 0 Å². The van der Waals surface area contributed by atoms with Crippen molar-refractivity contribution in [2.24, 2.45) is 5.92 Å². The molecule has 1 atom stereocenters. The van der Waals surface area contributed by atoms with Gasteiger partial charge in [-0.3, -0.25) is 4.79 Å². The molecule has 0 bridgehead atoms. The molecule has 0 aromatic rings. The lowest BCUT2D eigenvalue weighted by Gasteiger charge is -2.35. The number of halogens is 1. The van der Waals surface area contributed by atoms with Gasteiger partial charge in [0.15, 0.2) is 0 Å². The van der Waals surface area contributed by atoms with Crippen LogP contribution < -0.4 is 0 Å². The van der Waals surface area contributed by atoms with E-state index in [9.17, 15) is 4.79 Å². The van der Waals surface area contributed by atoms with Crippen LogP contribution >= 0.6 is 15.9 Å². The number of piperidine rings is 1. The zero-order valence-electron chi connectivity index (χ0n) is 9.50. The average molecular weight is 278 g/mol. The van der Waals surface area contributed by atoms with Gasteiger partial charge >= 0.3 is 0 Å². The fraction of sp³-hybridized carbons (Fsp3) is 0.909.